The Labute approximate surface area is 111 Å². The Kier molecular flexibility index (Phi) is 4.37. The molecule has 19 heavy (non-hydrogen) atoms. The molecule has 1 saturated heterocycles. The van der Waals surface area contributed by atoms with Crippen molar-refractivity contribution in [2.45, 2.75) is 31.9 Å². The Morgan fingerprint density at radius 1 is 1.53 bits per heavy atom. The van der Waals surface area contributed by atoms with Crippen LogP contribution in [0.2, 0.25) is 0 Å². The Balaban J connectivity index is 1.89. The van der Waals surface area contributed by atoms with Gasteiger partial charge in [-0.15, -0.1) is 0 Å². The molecule has 0 aliphatic carbocycles. The van der Waals surface area contributed by atoms with E-state index in [1.165, 1.54) is 24.3 Å². The van der Waals surface area contributed by atoms with Gasteiger partial charge in [-0.1, -0.05) is 0 Å². The van der Waals surface area contributed by atoms with E-state index in [1.54, 1.807) is 11.8 Å². The van der Waals surface area contributed by atoms with Gasteiger partial charge in [-0.2, -0.15) is 0 Å². The van der Waals surface area contributed by atoms with Crippen LogP contribution in [0.5, 0.6) is 5.75 Å². The van der Waals surface area contributed by atoms with Crippen molar-refractivity contribution in [2.75, 3.05) is 13.2 Å². The molecule has 0 bridgehead atoms. The topological polar surface area (TPSA) is 49.8 Å². The van der Waals surface area contributed by atoms with Gasteiger partial charge in [0.2, 0.25) is 0 Å². The minimum atomic E-state index is -0.530. The summed E-state index contributed by atoms with van der Waals surface area (Å²) in [6.45, 7) is 2.26. The van der Waals surface area contributed by atoms with E-state index in [-0.39, 0.29) is 24.4 Å². The first-order valence-electron chi connectivity index (χ1n) is 6.44. The van der Waals surface area contributed by atoms with Crippen molar-refractivity contribution >= 4 is 5.91 Å². The van der Waals surface area contributed by atoms with E-state index in [1.807, 2.05) is 0 Å². The summed E-state index contributed by atoms with van der Waals surface area (Å²) < 4.78 is 18.0. The fourth-order valence-electron chi connectivity index (χ4n) is 2.36. The largest absolute Gasteiger partial charge is 0.484 e. The van der Waals surface area contributed by atoms with Gasteiger partial charge in [-0.25, -0.2) is 4.39 Å². The molecule has 1 amide bonds. The summed E-state index contributed by atoms with van der Waals surface area (Å²) in [4.78, 5) is 13.7. The molecule has 1 aliphatic rings. The highest BCUT2D eigenvalue weighted by atomic mass is 19.1. The highest BCUT2D eigenvalue weighted by Gasteiger charge is 2.31. The second-order valence-corrected chi connectivity index (χ2v) is 4.78. The number of likely N-dealkylation sites (tertiary alicyclic amines) is 1. The lowest BCUT2D eigenvalue weighted by molar-refractivity contribution is -0.136. The van der Waals surface area contributed by atoms with Gasteiger partial charge in [0, 0.05) is 6.54 Å². The van der Waals surface area contributed by atoms with Gasteiger partial charge < -0.3 is 14.7 Å². The maximum atomic E-state index is 12.7. The first kappa shape index (κ1) is 13.8. The summed E-state index contributed by atoms with van der Waals surface area (Å²) in [6.07, 6.45) is 1.19. The number of aliphatic hydroxyl groups is 1. The molecule has 104 valence electrons. The number of aliphatic hydroxyl groups excluding tert-OH is 1. The van der Waals surface area contributed by atoms with Crippen molar-refractivity contribution in [3.8, 4) is 5.75 Å². The third kappa shape index (κ3) is 3.44. The van der Waals surface area contributed by atoms with Crippen molar-refractivity contribution in [2.24, 2.45) is 0 Å². The van der Waals surface area contributed by atoms with Crippen LogP contribution in [-0.2, 0) is 4.79 Å². The van der Waals surface area contributed by atoms with Crippen LogP contribution in [0.25, 0.3) is 0 Å². The molecule has 5 heteroatoms. The highest BCUT2D eigenvalue weighted by molar-refractivity contribution is 5.78. The van der Waals surface area contributed by atoms with Crippen LogP contribution in [0, 0.1) is 5.82 Å². The Morgan fingerprint density at radius 3 is 2.84 bits per heavy atom. The molecule has 0 saturated carbocycles. The Bertz CT molecular complexity index is 433. The molecule has 2 unspecified atom stereocenters. The molecule has 1 aromatic rings. The average molecular weight is 267 g/mol. The zero-order chi connectivity index (χ0) is 13.8. The normalized spacial score (nSPS) is 20.4. The fraction of sp³-hybridized carbons (Fsp3) is 0.500. The SMILES string of the molecule is CC(O)C1CCCN1C(=O)COc1ccc(F)cc1. The van der Waals surface area contributed by atoms with Gasteiger partial charge in [0.25, 0.3) is 5.91 Å². The molecule has 1 heterocycles. The lowest BCUT2D eigenvalue weighted by atomic mass is 10.1. The van der Waals surface area contributed by atoms with E-state index in [0.29, 0.717) is 12.3 Å². The highest BCUT2D eigenvalue weighted by Crippen LogP contribution is 2.20. The Hall–Kier alpha value is -1.62. The summed E-state index contributed by atoms with van der Waals surface area (Å²) in [5.74, 6) is -0.0253. The molecule has 4 nitrogen and oxygen atoms in total. The van der Waals surface area contributed by atoms with Gasteiger partial charge in [0.05, 0.1) is 12.1 Å². The van der Waals surface area contributed by atoms with E-state index in [2.05, 4.69) is 0 Å². The summed E-state index contributed by atoms with van der Waals surface area (Å²) in [5, 5.41) is 9.61. The van der Waals surface area contributed by atoms with Crippen LogP contribution in [0.3, 0.4) is 0 Å². The monoisotopic (exact) mass is 267 g/mol. The summed E-state index contributed by atoms with van der Waals surface area (Å²) >= 11 is 0. The average Bonchev–Trinajstić information content (AvgIpc) is 2.87. The van der Waals surface area contributed by atoms with Gasteiger partial charge in [-0.3, -0.25) is 4.79 Å². The maximum absolute atomic E-state index is 12.7. The Morgan fingerprint density at radius 2 is 2.21 bits per heavy atom. The number of rotatable bonds is 4. The van der Waals surface area contributed by atoms with Gasteiger partial charge in [-0.05, 0) is 44.0 Å². The molecule has 0 aromatic heterocycles. The first-order chi connectivity index (χ1) is 9.08. The lowest BCUT2D eigenvalue weighted by Gasteiger charge is -2.26. The summed E-state index contributed by atoms with van der Waals surface area (Å²) in [6, 6.07) is 5.42. The van der Waals surface area contributed by atoms with Crippen LogP contribution >= 0.6 is 0 Å². The molecule has 0 spiro atoms. The molecule has 1 aliphatic heterocycles. The number of carbonyl (C=O) groups is 1. The molecule has 2 rings (SSSR count). The number of nitrogens with zero attached hydrogens (tertiary/aromatic N) is 1. The standard InChI is InChI=1S/C14H18FNO3/c1-10(17)13-3-2-8-16(13)14(18)9-19-12-6-4-11(15)5-7-12/h4-7,10,13,17H,2-3,8-9H2,1H3. The lowest BCUT2D eigenvalue weighted by Crippen LogP contribution is -2.43. The maximum Gasteiger partial charge on any atom is 0.260 e. The number of carbonyl (C=O) groups excluding carboxylic acids is 1. The number of hydrogen-bond donors (Lipinski definition) is 1. The van der Waals surface area contributed by atoms with Crippen LogP contribution in [0.15, 0.2) is 24.3 Å². The second kappa shape index (κ2) is 6.02. The van der Waals surface area contributed by atoms with E-state index in [9.17, 15) is 14.3 Å². The molecular weight excluding hydrogens is 249 g/mol. The van der Waals surface area contributed by atoms with Crippen molar-refractivity contribution < 1.29 is 19.0 Å². The predicted molar refractivity (Wildman–Crippen MR) is 68.3 cm³/mol. The number of ether oxygens (including phenoxy) is 1. The molecular formula is C14H18FNO3. The van der Waals surface area contributed by atoms with Crippen molar-refractivity contribution in [1.82, 2.24) is 4.90 Å². The molecule has 1 fully saturated rings. The third-order valence-electron chi connectivity index (χ3n) is 3.35. The minimum Gasteiger partial charge on any atom is -0.484 e. The van der Waals surface area contributed by atoms with Gasteiger partial charge in [0.15, 0.2) is 6.61 Å². The molecule has 0 radical (unpaired) electrons. The van der Waals surface area contributed by atoms with Crippen LogP contribution in [0.4, 0.5) is 4.39 Å². The first-order valence-corrected chi connectivity index (χ1v) is 6.44. The number of halogens is 1. The fourth-order valence-corrected chi connectivity index (χ4v) is 2.36. The van der Waals surface area contributed by atoms with E-state index in [0.717, 1.165) is 12.8 Å². The molecule has 1 N–H and O–H groups in total. The van der Waals surface area contributed by atoms with Crippen molar-refractivity contribution in [3.05, 3.63) is 30.1 Å². The van der Waals surface area contributed by atoms with Crippen LogP contribution in [0.1, 0.15) is 19.8 Å². The zero-order valence-electron chi connectivity index (χ0n) is 10.9. The summed E-state index contributed by atoms with van der Waals surface area (Å²) in [5.41, 5.74) is 0. The zero-order valence-corrected chi connectivity index (χ0v) is 10.9. The minimum absolute atomic E-state index is 0.0884. The molecule has 2 atom stereocenters. The smallest absolute Gasteiger partial charge is 0.260 e. The van der Waals surface area contributed by atoms with Crippen LogP contribution in [-0.4, -0.2) is 41.2 Å². The van der Waals surface area contributed by atoms with Crippen molar-refractivity contribution in [1.29, 1.82) is 0 Å². The van der Waals surface area contributed by atoms with Crippen LogP contribution < -0.4 is 4.74 Å². The number of hydrogen-bond acceptors (Lipinski definition) is 3. The van der Waals surface area contributed by atoms with E-state index < -0.39 is 6.10 Å². The predicted octanol–water partition coefficient (Wildman–Crippen LogP) is 1.58. The van der Waals surface area contributed by atoms with E-state index in [4.69, 9.17) is 4.74 Å². The van der Waals surface area contributed by atoms with Gasteiger partial charge >= 0.3 is 0 Å². The van der Waals surface area contributed by atoms with Crippen molar-refractivity contribution in [3.63, 3.8) is 0 Å². The number of benzene rings is 1. The number of amides is 1. The third-order valence-corrected chi connectivity index (χ3v) is 3.35. The summed E-state index contributed by atoms with van der Waals surface area (Å²) in [7, 11) is 0. The quantitative estimate of drug-likeness (QED) is 0.901. The molecule has 1 aromatic carbocycles. The van der Waals surface area contributed by atoms with E-state index >= 15 is 0 Å². The van der Waals surface area contributed by atoms with Gasteiger partial charge in [0.1, 0.15) is 11.6 Å². The second-order valence-electron chi connectivity index (χ2n) is 4.78.